The van der Waals surface area contributed by atoms with Crippen LogP contribution in [0, 0.1) is 0 Å². The molecular formula is C13H18N2O4S. The molecule has 0 radical (unpaired) electrons. The van der Waals surface area contributed by atoms with Gasteiger partial charge in [0.2, 0.25) is 0 Å². The normalized spacial score (nSPS) is 26.0. The van der Waals surface area contributed by atoms with Crippen LogP contribution in [0.2, 0.25) is 0 Å². The van der Waals surface area contributed by atoms with Crippen LogP contribution in [0.25, 0.3) is 0 Å². The summed E-state index contributed by atoms with van der Waals surface area (Å²) in [5, 5.41) is 13.3. The molecule has 7 heteroatoms. The van der Waals surface area contributed by atoms with E-state index in [1.807, 2.05) is 0 Å². The number of carbonyl (C=O) groups is 1. The summed E-state index contributed by atoms with van der Waals surface area (Å²) >= 11 is 1.56. The molecule has 1 aliphatic carbocycles. The van der Waals surface area contributed by atoms with E-state index >= 15 is 0 Å². The molecule has 3 rings (SSSR count). The van der Waals surface area contributed by atoms with E-state index in [9.17, 15) is 9.90 Å². The number of nitrogens with zero attached hydrogens (tertiary/aromatic N) is 1. The number of hydrogen-bond acceptors (Lipinski definition) is 6. The Labute approximate surface area is 121 Å². The van der Waals surface area contributed by atoms with Crippen LogP contribution in [-0.2, 0) is 20.7 Å². The van der Waals surface area contributed by atoms with Crippen molar-refractivity contribution in [1.82, 2.24) is 4.98 Å². The SMILES string of the molecule is O=C(O)C1CCCc2sc(NCC3COCCO3)nc21. The van der Waals surface area contributed by atoms with Gasteiger partial charge in [0.1, 0.15) is 5.92 Å². The summed E-state index contributed by atoms with van der Waals surface area (Å²) in [4.78, 5) is 16.8. The molecule has 2 aliphatic rings. The predicted octanol–water partition coefficient (Wildman–Crippen LogP) is 1.47. The molecule has 0 saturated carbocycles. The highest BCUT2D eigenvalue weighted by molar-refractivity contribution is 7.15. The maximum atomic E-state index is 11.2. The zero-order valence-corrected chi connectivity index (χ0v) is 11.9. The molecule has 1 aromatic heterocycles. The van der Waals surface area contributed by atoms with E-state index < -0.39 is 11.9 Å². The van der Waals surface area contributed by atoms with Gasteiger partial charge in [-0.05, 0) is 19.3 Å². The number of fused-ring (bicyclic) bond motifs is 1. The van der Waals surface area contributed by atoms with Crippen LogP contribution in [-0.4, -0.2) is 48.5 Å². The van der Waals surface area contributed by atoms with Gasteiger partial charge in [0.05, 0.1) is 31.6 Å². The molecule has 2 unspecified atom stereocenters. The summed E-state index contributed by atoms with van der Waals surface area (Å²) in [6, 6.07) is 0. The van der Waals surface area contributed by atoms with Crippen LogP contribution in [0.3, 0.4) is 0 Å². The first-order chi connectivity index (χ1) is 9.74. The fraction of sp³-hybridized carbons (Fsp3) is 0.692. The van der Waals surface area contributed by atoms with Crippen LogP contribution in [0.1, 0.15) is 29.3 Å². The number of carboxylic acid groups (broad SMARTS) is 1. The van der Waals surface area contributed by atoms with Crippen molar-refractivity contribution >= 4 is 22.4 Å². The highest BCUT2D eigenvalue weighted by atomic mass is 32.1. The molecule has 1 aliphatic heterocycles. The molecule has 1 fully saturated rings. The standard InChI is InChI=1S/C13H18N2O4S/c16-12(17)9-2-1-3-10-11(9)15-13(20-10)14-6-8-7-18-4-5-19-8/h8-9H,1-7H2,(H,14,15)(H,16,17). The van der Waals surface area contributed by atoms with E-state index in [2.05, 4.69) is 10.3 Å². The molecule has 0 aromatic carbocycles. The highest BCUT2D eigenvalue weighted by Crippen LogP contribution is 2.36. The van der Waals surface area contributed by atoms with Crippen molar-refractivity contribution in [3.63, 3.8) is 0 Å². The lowest BCUT2D eigenvalue weighted by atomic mass is 9.91. The average molecular weight is 298 g/mol. The number of hydrogen-bond donors (Lipinski definition) is 2. The molecule has 0 bridgehead atoms. The van der Waals surface area contributed by atoms with Gasteiger partial charge in [-0.1, -0.05) is 0 Å². The average Bonchev–Trinajstić information content (AvgIpc) is 2.88. The van der Waals surface area contributed by atoms with E-state index in [1.54, 1.807) is 11.3 Å². The van der Waals surface area contributed by atoms with Gasteiger partial charge < -0.3 is 19.9 Å². The molecule has 6 nitrogen and oxygen atoms in total. The Kier molecular flexibility index (Phi) is 4.18. The number of carboxylic acids is 1. The second kappa shape index (κ2) is 6.07. The number of nitrogens with one attached hydrogen (secondary N) is 1. The van der Waals surface area contributed by atoms with Crippen molar-refractivity contribution in [2.45, 2.75) is 31.3 Å². The zero-order valence-electron chi connectivity index (χ0n) is 11.1. The molecule has 0 spiro atoms. The van der Waals surface area contributed by atoms with E-state index in [0.29, 0.717) is 32.8 Å². The van der Waals surface area contributed by atoms with Gasteiger partial charge in [0.25, 0.3) is 0 Å². The molecule has 110 valence electrons. The van der Waals surface area contributed by atoms with Crippen molar-refractivity contribution < 1.29 is 19.4 Å². The fourth-order valence-corrected chi connectivity index (χ4v) is 3.66. The van der Waals surface area contributed by atoms with Crippen LogP contribution in [0.4, 0.5) is 5.13 Å². The molecule has 1 aromatic rings. The van der Waals surface area contributed by atoms with Crippen LogP contribution in [0.15, 0.2) is 0 Å². The van der Waals surface area contributed by atoms with E-state index in [-0.39, 0.29) is 6.10 Å². The molecule has 0 amide bonds. The maximum Gasteiger partial charge on any atom is 0.312 e. The minimum absolute atomic E-state index is 0.0416. The van der Waals surface area contributed by atoms with Gasteiger partial charge in [-0.3, -0.25) is 4.79 Å². The number of aromatic nitrogens is 1. The Morgan fingerprint density at radius 1 is 1.50 bits per heavy atom. The van der Waals surface area contributed by atoms with Gasteiger partial charge >= 0.3 is 5.97 Å². The molecular weight excluding hydrogens is 280 g/mol. The second-order valence-electron chi connectivity index (χ2n) is 5.06. The number of aryl methyl sites for hydroxylation is 1. The highest BCUT2D eigenvalue weighted by Gasteiger charge is 2.30. The topological polar surface area (TPSA) is 80.7 Å². The van der Waals surface area contributed by atoms with Crippen molar-refractivity contribution in [2.24, 2.45) is 0 Å². The smallest absolute Gasteiger partial charge is 0.312 e. The lowest BCUT2D eigenvalue weighted by molar-refractivity contribution is -0.139. The largest absolute Gasteiger partial charge is 0.481 e. The van der Waals surface area contributed by atoms with Crippen molar-refractivity contribution in [3.8, 4) is 0 Å². The minimum Gasteiger partial charge on any atom is -0.481 e. The Bertz CT molecular complexity index is 485. The van der Waals surface area contributed by atoms with Crippen molar-refractivity contribution in [1.29, 1.82) is 0 Å². The first-order valence-corrected chi connectivity index (χ1v) is 7.71. The first kappa shape index (κ1) is 13.8. The van der Waals surface area contributed by atoms with Crippen molar-refractivity contribution in [2.75, 3.05) is 31.7 Å². The maximum absolute atomic E-state index is 11.2. The van der Waals surface area contributed by atoms with Gasteiger partial charge in [-0.15, -0.1) is 11.3 Å². The Balaban J connectivity index is 1.64. The lowest BCUT2D eigenvalue weighted by Crippen LogP contribution is -2.34. The van der Waals surface area contributed by atoms with Crippen LogP contribution >= 0.6 is 11.3 Å². The third kappa shape index (κ3) is 2.94. The van der Waals surface area contributed by atoms with Crippen LogP contribution < -0.4 is 5.32 Å². The summed E-state index contributed by atoms with van der Waals surface area (Å²) in [6.45, 7) is 2.52. The molecule has 1 saturated heterocycles. The molecule has 2 heterocycles. The summed E-state index contributed by atoms with van der Waals surface area (Å²) in [5.74, 6) is -1.22. The monoisotopic (exact) mass is 298 g/mol. The molecule has 20 heavy (non-hydrogen) atoms. The van der Waals surface area contributed by atoms with Gasteiger partial charge in [0.15, 0.2) is 5.13 Å². The van der Waals surface area contributed by atoms with Gasteiger partial charge in [-0.2, -0.15) is 0 Å². The van der Waals surface area contributed by atoms with Crippen LogP contribution in [0.5, 0.6) is 0 Å². The summed E-state index contributed by atoms with van der Waals surface area (Å²) in [5.41, 5.74) is 0.747. The zero-order chi connectivity index (χ0) is 13.9. The third-order valence-electron chi connectivity index (χ3n) is 3.62. The van der Waals surface area contributed by atoms with E-state index in [1.165, 1.54) is 0 Å². The van der Waals surface area contributed by atoms with Gasteiger partial charge in [-0.25, -0.2) is 4.98 Å². The fourth-order valence-electron chi connectivity index (χ4n) is 2.59. The number of ether oxygens (including phenoxy) is 2. The Morgan fingerprint density at radius 2 is 2.40 bits per heavy atom. The van der Waals surface area contributed by atoms with E-state index in [4.69, 9.17) is 9.47 Å². The predicted molar refractivity (Wildman–Crippen MR) is 74.5 cm³/mol. The molecule has 2 atom stereocenters. The number of rotatable bonds is 4. The molecule has 2 N–H and O–H groups in total. The lowest BCUT2D eigenvalue weighted by Gasteiger charge is -2.22. The van der Waals surface area contributed by atoms with Gasteiger partial charge in [0, 0.05) is 11.4 Å². The number of anilines is 1. The summed E-state index contributed by atoms with van der Waals surface area (Å²) in [6.07, 6.45) is 2.58. The van der Waals surface area contributed by atoms with Crippen molar-refractivity contribution in [3.05, 3.63) is 10.6 Å². The minimum atomic E-state index is -0.771. The second-order valence-corrected chi connectivity index (χ2v) is 6.14. The summed E-state index contributed by atoms with van der Waals surface area (Å²) in [7, 11) is 0. The Hall–Kier alpha value is -1.18. The number of thiazole rings is 1. The third-order valence-corrected chi connectivity index (χ3v) is 4.71. The van der Waals surface area contributed by atoms with E-state index in [0.717, 1.165) is 28.5 Å². The number of aliphatic carboxylic acids is 1. The first-order valence-electron chi connectivity index (χ1n) is 6.89. The quantitative estimate of drug-likeness (QED) is 0.876. The summed E-state index contributed by atoms with van der Waals surface area (Å²) < 4.78 is 10.9. The Morgan fingerprint density at radius 3 is 3.15 bits per heavy atom.